The van der Waals surface area contributed by atoms with Crippen molar-refractivity contribution < 1.29 is 19.4 Å². The SMILES string of the molecule is CC(C)[C@@H](NC(=O)OC(C)(C)c1ccc(-c2ccccc2)cc1)C(=O)O. The number of benzene rings is 2. The number of hydrogen-bond donors (Lipinski definition) is 2. The highest BCUT2D eigenvalue weighted by atomic mass is 16.6. The van der Waals surface area contributed by atoms with E-state index < -0.39 is 23.7 Å². The first-order valence-electron chi connectivity index (χ1n) is 8.59. The maximum absolute atomic E-state index is 12.1. The lowest BCUT2D eigenvalue weighted by Gasteiger charge is -2.27. The van der Waals surface area contributed by atoms with E-state index in [4.69, 9.17) is 4.74 Å². The summed E-state index contributed by atoms with van der Waals surface area (Å²) in [6.45, 7) is 7.00. The standard InChI is InChI=1S/C21H25NO4/c1-14(2)18(19(23)24)22-20(25)26-21(3,4)17-12-10-16(11-13-17)15-8-6-5-7-9-15/h5-14,18H,1-4H3,(H,22,25)(H,23,24)/t18-/m1/s1. The van der Waals surface area contributed by atoms with Crippen molar-refractivity contribution >= 4 is 12.1 Å². The third-order valence-corrected chi connectivity index (χ3v) is 4.24. The van der Waals surface area contributed by atoms with Crippen LogP contribution in [0.3, 0.4) is 0 Å². The van der Waals surface area contributed by atoms with Crippen LogP contribution in [-0.4, -0.2) is 23.2 Å². The van der Waals surface area contributed by atoms with E-state index in [2.05, 4.69) is 5.32 Å². The van der Waals surface area contributed by atoms with Crippen molar-refractivity contribution in [2.45, 2.75) is 39.3 Å². The summed E-state index contributed by atoms with van der Waals surface area (Å²) in [7, 11) is 0. The monoisotopic (exact) mass is 355 g/mol. The molecule has 138 valence electrons. The van der Waals surface area contributed by atoms with Gasteiger partial charge in [0.25, 0.3) is 0 Å². The van der Waals surface area contributed by atoms with E-state index in [1.165, 1.54) is 0 Å². The Morgan fingerprint density at radius 3 is 2.00 bits per heavy atom. The van der Waals surface area contributed by atoms with Gasteiger partial charge in [0.1, 0.15) is 11.6 Å². The van der Waals surface area contributed by atoms with E-state index in [1.807, 2.05) is 54.6 Å². The van der Waals surface area contributed by atoms with Crippen LogP contribution in [0.2, 0.25) is 0 Å². The zero-order valence-corrected chi connectivity index (χ0v) is 15.5. The van der Waals surface area contributed by atoms with Crippen LogP contribution in [0.25, 0.3) is 11.1 Å². The number of carboxylic acid groups (broad SMARTS) is 1. The molecule has 0 spiro atoms. The lowest BCUT2D eigenvalue weighted by molar-refractivity contribution is -0.140. The smallest absolute Gasteiger partial charge is 0.408 e. The average Bonchev–Trinajstić information content (AvgIpc) is 2.59. The van der Waals surface area contributed by atoms with Crippen molar-refractivity contribution in [3.63, 3.8) is 0 Å². The molecule has 2 aromatic carbocycles. The molecule has 1 amide bonds. The van der Waals surface area contributed by atoms with Gasteiger partial charge in [-0.3, -0.25) is 0 Å². The number of aliphatic carboxylic acids is 1. The molecule has 0 fully saturated rings. The highest BCUT2D eigenvalue weighted by Gasteiger charge is 2.29. The molecule has 0 aromatic heterocycles. The van der Waals surface area contributed by atoms with E-state index in [0.29, 0.717) is 0 Å². The Hall–Kier alpha value is -2.82. The first-order chi connectivity index (χ1) is 12.2. The Labute approximate surface area is 154 Å². The fourth-order valence-corrected chi connectivity index (χ4v) is 2.66. The number of hydrogen-bond acceptors (Lipinski definition) is 3. The second-order valence-corrected chi connectivity index (χ2v) is 7.05. The third kappa shape index (κ3) is 4.85. The van der Waals surface area contributed by atoms with Gasteiger partial charge in [0, 0.05) is 0 Å². The van der Waals surface area contributed by atoms with Gasteiger partial charge in [-0.15, -0.1) is 0 Å². The molecule has 0 aliphatic heterocycles. The minimum Gasteiger partial charge on any atom is -0.480 e. The number of carboxylic acids is 1. The molecule has 0 aliphatic carbocycles. The second kappa shape index (κ2) is 8.04. The number of carbonyl (C=O) groups excluding carboxylic acids is 1. The maximum Gasteiger partial charge on any atom is 0.408 e. The van der Waals surface area contributed by atoms with E-state index >= 15 is 0 Å². The Balaban J connectivity index is 2.09. The van der Waals surface area contributed by atoms with Gasteiger partial charge < -0.3 is 15.2 Å². The predicted octanol–water partition coefficient (Wildman–Crippen LogP) is 4.42. The van der Waals surface area contributed by atoms with Gasteiger partial charge in [-0.1, -0.05) is 68.4 Å². The molecule has 5 heteroatoms. The maximum atomic E-state index is 12.1. The van der Waals surface area contributed by atoms with Crippen LogP contribution in [0.15, 0.2) is 54.6 Å². The number of carbonyl (C=O) groups is 2. The van der Waals surface area contributed by atoms with E-state index in [0.717, 1.165) is 16.7 Å². The highest BCUT2D eigenvalue weighted by Crippen LogP contribution is 2.28. The number of nitrogens with one attached hydrogen (secondary N) is 1. The number of ether oxygens (including phenoxy) is 1. The van der Waals surface area contributed by atoms with Crippen molar-refractivity contribution in [3.8, 4) is 11.1 Å². The highest BCUT2D eigenvalue weighted by molar-refractivity contribution is 5.80. The van der Waals surface area contributed by atoms with Crippen molar-refractivity contribution in [2.75, 3.05) is 0 Å². The summed E-state index contributed by atoms with van der Waals surface area (Å²) < 4.78 is 5.49. The topological polar surface area (TPSA) is 75.6 Å². The summed E-state index contributed by atoms with van der Waals surface area (Å²) in [4.78, 5) is 23.4. The van der Waals surface area contributed by atoms with Gasteiger partial charge in [-0.25, -0.2) is 9.59 Å². The van der Waals surface area contributed by atoms with Gasteiger partial charge in [0.2, 0.25) is 0 Å². The van der Waals surface area contributed by atoms with Gasteiger partial charge in [-0.2, -0.15) is 0 Å². The largest absolute Gasteiger partial charge is 0.480 e. The van der Waals surface area contributed by atoms with Crippen LogP contribution in [0, 0.1) is 5.92 Å². The first kappa shape index (κ1) is 19.5. The molecule has 0 saturated heterocycles. The molecule has 1 atom stereocenters. The summed E-state index contributed by atoms with van der Waals surface area (Å²) >= 11 is 0. The van der Waals surface area contributed by atoms with E-state index in [1.54, 1.807) is 27.7 Å². The van der Waals surface area contributed by atoms with Gasteiger partial charge in [0.05, 0.1) is 0 Å². The molecule has 0 unspecified atom stereocenters. The second-order valence-electron chi connectivity index (χ2n) is 7.05. The van der Waals surface area contributed by atoms with Gasteiger partial charge in [-0.05, 0) is 36.5 Å². The zero-order chi connectivity index (χ0) is 19.3. The van der Waals surface area contributed by atoms with Gasteiger partial charge >= 0.3 is 12.1 Å². The minimum absolute atomic E-state index is 0.242. The molecule has 2 N–H and O–H groups in total. The van der Waals surface area contributed by atoms with Crippen LogP contribution in [0.5, 0.6) is 0 Å². The van der Waals surface area contributed by atoms with Crippen molar-refractivity contribution in [3.05, 3.63) is 60.2 Å². The van der Waals surface area contributed by atoms with Crippen LogP contribution in [0.1, 0.15) is 33.3 Å². The zero-order valence-electron chi connectivity index (χ0n) is 15.5. The van der Waals surface area contributed by atoms with E-state index in [-0.39, 0.29) is 5.92 Å². The van der Waals surface area contributed by atoms with Crippen LogP contribution >= 0.6 is 0 Å². The van der Waals surface area contributed by atoms with Crippen molar-refractivity contribution in [1.82, 2.24) is 5.32 Å². The molecule has 2 rings (SSSR count). The predicted molar refractivity (Wildman–Crippen MR) is 101 cm³/mol. The number of amides is 1. The van der Waals surface area contributed by atoms with Crippen LogP contribution in [-0.2, 0) is 15.1 Å². The molecular formula is C21H25NO4. The van der Waals surface area contributed by atoms with Crippen molar-refractivity contribution in [2.24, 2.45) is 5.92 Å². The lowest BCUT2D eigenvalue weighted by Crippen LogP contribution is -2.46. The normalized spacial score (nSPS) is 12.5. The average molecular weight is 355 g/mol. The Bertz CT molecular complexity index is 751. The van der Waals surface area contributed by atoms with Crippen molar-refractivity contribution in [1.29, 1.82) is 0 Å². The fraction of sp³-hybridized carbons (Fsp3) is 0.333. The molecule has 5 nitrogen and oxygen atoms in total. The molecule has 0 heterocycles. The summed E-state index contributed by atoms with van der Waals surface area (Å²) in [5, 5.41) is 11.6. The third-order valence-electron chi connectivity index (χ3n) is 4.24. The minimum atomic E-state index is -1.08. The van der Waals surface area contributed by atoms with E-state index in [9.17, 15) is 14.7 Å². The molecular weight excluding hydrogens is 330 g/mol. The summed E-state index contributed by atoms with van der Waals surface area (Å²) in [6.07, 6.45) is -0.747. The van der Waals surface area contributed by atoms with Crippen LogP contribution in [0.4, 0.5) is 4.79 Å². The lowest BCUT2D eigenvalue weighted by atomic mass is 9.95. The quantitative estimate of drug-likeness (QED) is 0.804. The summed E-state index contributed by atoms with van der Waals surface area (Å²) in [5.74, 6) is -1.32. The Morgan fingerprint density at radius 1 is 0.962 bits per heavy atom. The fourth-order valence-electron chi connectivity index (χ4n) is 2.66. The molecule has 0 bridgehead atoms. The molecule has 0 aliphatic rings. The Morgan fingerprint density at radius 2 is 1.50 bits per heavy atom. The molecule has 2 aromatic rings. The molecule has 26 heavy (non-hydrogen) atoms. The number of alkyl carbamates (subject to hydrolysis) is 1. The van der Waals surface area contributed by atoms with Crippen LogP contribution < -0.4 is 5.32 Å². The number of rotatable bonds is 6. The Kier molecular flexibility index (Phi) is 6.03. The molecule has 0 saturated carbocycles. The molecule has 0 radical (unpaired) electrons. The summed E-state index contributed by atoms with van der Waals surface area (Å²) in [5.41, 5.74) is 2.11. The first-order valence-corrected chi connectivity index (χ1v) is 8.59. The van der Waals surface area contributed by atoms with Gasteiger partial charge in [0.15, 0.2) is 0 Å². The summed E-state index contributed by atoms with van der Waals surface area (Å²) in [6, 6.07) is 16.8.